The third-order valence-corrected chi connectivity index (χ3v) is 3.88. The molecule has 0 aliphatic carbocycles. The van der Waals surface area contributed by atoms with Gasteiger partial charge in [-0.25, -0.2) is 0 Å². The van der Waals surface area contributed by atoms with Gasteiger partial charge in [-0.1, -0.05) is 6.42 Å². The smallest absolute Gasteiger partial charge is 0.203 e. The van der Waals surface area contributed by atoms with E-state index in [1.54, 1.807) is 6.07 Å². The minimum atomic E-state index is 0.0972. The van der Waals surface area contributed by atoms with Gasteiger partial charge in [0.15, 0.2) is 0 Å². The summed E-state index contributed by atoms with van der Waals surface area (Å²) in [7, 11) is 0. The molecule has 21 heavy (non-hydrogen) atoms. The lowest BCUT2D eigenvalue weighted by atomic mass is 10.2. The number of nitriles is 1. The second kappa shape index (κ2) is 6.10. The topological polar surface area (TPSA) is 79.7 Å². The molecule has 0 bridgehead atoms. The molecule has 0 amide bonds. The van der Waals surface area contributed by atoms with Crippen molar-refractivity contribution in [3.63, 3.8) is 0 Å². The van der Waals surface area contributed by atoms with Crippen LogP contribution in [-0.4, -0.2) is 14.8 Å². The Labute approximate surface area is 123 Å². The van der Waals surface area contributed by atoms with Crippen molar-refractivity contribution in [1.82, 2.24) is 20.1 Å². The Balaban J connectivity index is 1.67. The van der Waals surface area contributed by atoms with Gasteiger partial charge >= 0.3 is 0 Å². The highest BCUT2D eigenvalue weighted by Crippen LogP contribution is 2.19. The Bertz CT molecular complexity index is 651. The quantitative estimate of drug-likeness (QED) is 0.932. The Kier molecular flexibility index (Phi) is 4.02. The summed E-state index contributed by atoms with van der Waals surface area (Å²) in [5.41, 5.74) is 0. The minimum absolute atomic E-state index is 0.0972. The number of fused-ring (bicyclic) bond motifs is 1. The van der Waals surface area contributed by atoms with E-state index in [0.29, 0.717) is 12.3 Å². The van der Waals surface area contributed by atoms with Crippen molar-refractivity contribution in [2.75, 3.05) is 0 Å². The first-order chi connectivity index (χ1) is 10.3. The molecule has 1 atom stereocenters. The molecule has 1 unspecified atom stereocenters. The Morgan fingerprint density at radius 3 is 3.10 bits per heavy atom. The minimum Gasteiger partial charge on any atom is -0.449 e. The summed E-state index contributed by atoms with van der Waals surface area (Å²) >= 11 is 0. The number of aryl methyl sites for hydroxylation is 1. The van der Waals surface area contributed by atoms with Crippen LogP contribution in [-0.2, 0) is 19.5 Å². The molecule has 6 heteroatoms. The number of nitrogens with one attached hydrogen (secondary N) is 1. The van der Waals surface area contributed by atoms with Crippen LogP contribution in [0.4, 0.5) is 0 Å². The number of hydrogen-bond donors (Lipinski definition) is 1. The highest BCUT2D eigenvalue weighted by Gasteiger charge is 2.19. The molecule has 1 N–H and O–H groups in total. The molecule has 2 aromatic rings. The van der Waals surface area contributed by atoms with Gasteiger partial charge in [0.1, 0.15) is 23.5 Å². The molecule has 0 fully saturated rings. The average Bonchev–Trinajstić information content (AvgIpc) is 3.06. The number of rotatable bonds is 4. The Morgan fingerprint density at radius 2 is 2.29 bits per heavy atom. The molecule has 6 nitrogen and oxygen atoms in total. The van der Waals surface area contributed by atoms with Crippen LogP contribution in [0, 0.1) is 11.3 Å². The molecule has 2 aromatic heterocycles. The van der Waals surface area contributed by atoms with E-state index >= 15 is 0 Å². The van der Waals surface area contributed by atoms with Gasteiger partial charge < -0.3 is 14.3 Å². The second-order valence-electron chi connectivity index (χ2n) is 5.42. The van der Waals surface area contributed by atoms with Crippen LogP contribution in [0.1, 0.15) is 55.4 Å². The predicted octanol–water partition coefficient (Wildman–Crippen LogP) is 2.32. The first kappa shape index (κ1) is 13.8. The standard InChI is InChI=1S/C15H19N5O/c1-11(17-10-13-7-6-12(9-16)21-13)15-19-18-14-5-3-2-4-8-20(14)15/h6-7,11,17H,2-5,8,10H2,1H3. The summed E-state index contributed by atoms with van der Waals surface area (Å²) in [6, 6.07) is 5.59. The van der Waals surface area contributed by atoms with Crippen molar-refractivity contribution in [2.24, 2.45) is 0 Å². The molecule has 0 spiro atoms. The van der Waals surface area contributed by atoms with Crippen molar-refractivity contribution >= 4 is 0 Å². The molecule has 3 rings (SSSR count). The highest BCUT2D eigenvalue weighted by atomic mass is 16.3. The fourth-order valence-electron chi connectivity index (χ4n) is 2.71. The summed E-state index contributed by atoms with van der Waals surface area (Å²) in [5.74, 6) is 3.18. The number of aromatic nitrogens is 3. The van der Waals surface area contributed by atoms with E-state index in [1.165, 1.54) is 19.3 Å². The lowest BCUT2D eigenvalue weighted by molar-refractivity contribution is 0.437. The monoisotopic (exact) mass is 285 g/mol. The van der Waals surface area contributed by atoms with E-state index in [1.807, 2.05) is 12.1 Å². The van der Waals surface area contributed by atoms with Crippen LogP contribution in [0.15, 0.2) is 16.5 Å². The van der Waals surface area contributed by atoms with Gasteiger partial charge in [-0.2, -0.15) is 5.26 Å². The molecule has 0 aromatic carbocycles. The maximum Gasteiger partial charge on any atom is 0.203 e. The Morgan fingerprint density at radius 1 is 1.38 bits per heavy atom. The summed E-state index contributed by atoms with van der Waals surface area (Å²) in [5, 5.41) is 20.8. The molecule has 3 heterocycles. The van der Waals surface area contributed by atoms with Gasteiger partial charge in [-0.3, -0.25) is 0 Å². The van der Waals surface area contributed by atoms with E-state index in [0.717, 1.165) is 30.4 Å². The average molecular weight is 285 g/mol. The van der Waals surface area contributed by atoms with Crippen LogP contribution < -0.4 is 5.32 Å². The first-order valence-corrected chi connectivity index (χ1v) is 7.42. The van der Waals surface area contributed by atoms with Gasteiger partial charge in [-0.05, 0) is 31.9 Å². The Hall–Kier alpha value is -2.13. The van der Waals surface area contributed by atoms with Crippen molar-refractivity contribution in [2.45, 2.75) is 51.7 Å². The third kappa shape index (κ3) is 2.98. The lowest BCUT2D eigenvalue weighted by Gasteiger charge is -2.14. The molecule has 1 aliphatic heterocycles. The van der Waals surface area contributed by atoms with Crippen LogP contribution >= 0.6 is 0 Å². The summed E-state index contributed by atoms with van der Waals surface area (Å²) in [6.45, 7) is 3.66. The molecule has 0 radical (unpaired) electrons. The van der Waals surface area contributed by atoms with Crippen molar-refractivity contribution in [1.29, 1.82) is 5.26 Å². The normalized spacial score (nSPS) is 16.0. The summed E-state index contributed by atoms with van der Waals surface area (Å²) < 4.78 is 7.61. The predicted molar refractivity (Wildman–Crippen MR) is 76.3 cm³/mol. The van der Waals surface area contributed by atoms with Crippen LogP contribution in [0.2, 0.25) is 0 Å². The first-order valence-electron chi connectivity index (χ1n) is 7.42. The van der Waals surface area contributed by atoms with E-state index in [-0.39, 0.29) is 6.04 Å². The fourth-order valence-corrected chi connectivity index (χ4v) is 2.71. The number of furan rings is 1. The van der Waals surface area contributed by atoms with Crippen LogP contribution in [0.3, 0.4) is 0 Å². The van der Waals surface area contributed by atoms with Gasteiger partial charge in [-0.15, -0.1) is 10.2 Å². The zero-order valence-electron chi connectivity index (χ0n) is 12.2. The largest absolute Gasteiger partial charge is 0.449 e. The number of hydrogen-bond acceptors (Lipinski definition) is 5. The molecular formula is C15H19N5O. The molecule has 0 saturated heterocycles. The van der Waals surface area contributed by atoms with Crippen LogP contribution in [0.5, 0.6) is 0 Å². The van der Waals surface area contributed by atoms with Gasteiger partial charge in [0.2, 0.25) is 5.76 Å². The van der Waals surface area contributed by atoms with Crippen molar-refractivity contribution in [3.05, 3.63) is 35.3 Å². The zero-order valence-corrected chi connectivity index (χ0v) is 12.2. The highest BCUT2D eigenvalue weighted by molar-refractivity contribution is 5.19. The van der Waals surface area contributed by atoms with Crippen molar-refractivity contribution < 1.29 is 4.42 Å². The SMILES string of the molecule is CC(NCc1ccc(C#N)o1)c1nnc2n1CCCCC2. The summed E-state index contributed by atoms with van der Waals surface area (Å²) in [6.07, 6.45) is 4.66. The fraction of sp³-hybridized carbons (Fsp3) is 0.533. The van der Waals surface area contributed by atoms with E-state index < -0.39 is 0 Å². The van der Waals surface area contributed by atoms with E-state index in [2.05, 4.69) is 27.0 Å². The van der Waals surface area contributed by atoms with Gasteiger partial charge in [0.05, 0.1) is 12.6 Å². The molecule has 110 valence electrons. The lowest BCUT2D eigenvalue weighted by Crippen LogP contribution is -2.22. The van der Waals surface area contributed by atoms with Gasteiger partial charge in [0.25, 0.3) is 0 Å². The summed E-state index contributed by atoms with van der Waals surface area (Å²) in [4.78, 5) is 0. The second-order valence-corrected chi connectivity index (χ2v) is 5.42. The van der Waals surface area contributed by atoms with E-state index in [9.17, 15) is 0 Å². The third-order valence-electron chi connectivity index (χ3n) is 3.88. The van der Waals surface area contributed by atoms with E-state index in [4.69, 9.17) is 9.68 Å². The maximum atomic E-state index is 8.75. The number of nitrogens with zero attached hydrogens (tertiary/aromatic N) is 4. The molecule has 0 saturated carbocycles. The zero-order chi connectivity index (χ0) is 14.7. The van der Waals surface area contributed by atoms with Crippen LogP contribution in [0.25, 0.3) is 0 Å². The van der Waals surface area contributed by atoms with Crippen molar-refractivity contribution in [3.8, 4) is 6.07 Å². The molecular weight excluding hydrogens is 266 g/mol. The molecule has 1 aliphatic rings. The van der Waals surface area contributed by atoms with Gasteiger partial charge in [0, 0.05) is 13.0 Å². The maximum absolute atomic E-state index is 8.75.